The topological polar surface area (TPSA) is 36.3 Å². The average molecular weight is 389 g/mol. The summed E-state index contributed by atoms with van der Waals surface area (Å²) in [4.78, 5) is 4.82. The van der Waals surface area contributed by atoms with Crippen molar-refractivity contribution < 1.29 is 9.47 Å². The van der Waals surface area contributed by atoms with Gasteiger partial charge in [0.1, 0.15) is 5.82 Å². The van der Waals surface area contributed by atoms with Crippen LogP contribution in [-0.2, 0) is 13.0 Å². The van der Waals surface area contributed by atoms with Crippen molar-refractivity contribution >= 4 is 23.2 Å². The Kier molecular flexibility index (Phi) is 4.33. The van der Waals surface area contributed by atoms with Gasteiger partial charge in [-0.05, 0) is 49.2 Å². The van der Waals surface area contributed by atoms with Crippen LogP contribution in [-0.4, -0.2) is 23.8 Å². The third-order valence-electron chi connectivity index (χ3n) is 4.76. The summed E-state index contributed by atoms with van der Waals surface area (Å²) in [7, 11) is 3.30. The predicted molar refractivity (Wildman–Crippen MR) is 105 cm³/mol. The molecule has 4 nitrogen and oxygen atoms in total. The number of fused-ring (bicyclic) bond motifs is 3. The maximum Gasteiger partial charge on any atom is 0.161 e. The van der Waals surface area contributed by atoms with Gasteiger partial charge < -0.3 is 14.0 Å². The molecular formula is C20H18Cl2N2O2. The van der Waals surface area contributed by atoms with E-state index in [9.17, 15) is 0 Å². The summed E-state index contributed by atoms with van der Waals surface area (Å²) in [6.07, 6.45) is 0.912. The molecule has 6 heteroatoms. The highest BCUT2D eigenvalue weighted by Crippen LogP contribution is 2.43. The largest absolute Gasteiger partial charge is 0.493 e. The van der Waals surface area contributed by atoms with E-state index in [1.54, 1.807) is 20.3 Å². The Hall–Kier alpha value is -2.17. The molecule has 1 aromatic heterocycles. The molecule has 0 aliphatic carbocycles. The van der Waals surface area contributed by atoms with Gasteiger partial charge in [0.05, 0.1) is 25.6 Å². The first kappa shape index (κ1) is 17.3. The lowest BCUT2D eigenvalue weighted by Gasteiger charge is -2.22. The van der Waals surface area contributed by atoms with Crippen LogP contribution in [0.2, 0.25) is 10.0 Å². The lowest BCUT2D eigenvalue weighted by Crippen LogP contribution is -2.12. The van der Waals surface area contributed by atoms with Crippen molar-refractivity contribution in [3.05, 3.63) is 51.8 Å². The highest BCUT2D eigenvalue weighted by Gasteiger charge is 2.26. The fourth-order valence-electron chi connectivity index (χ4n) is 3.58. The van der Waals surface area contributed by atoms with Crippen LogP contribution in [0, 0.1) is 6.92 Å². The van der Waals surface area contributed by atoms with Gasteiger partial charge in [-0.2, -0.15) is 0 Å². The van der Waals surface area contributed by atoms with Crippen LogP contribution in [0.1, 0.15) is 11.4 Å². The Morgan fingerprint density at radius 2 is 1.62 bits per heavy atom. The second-order valence-electron chi connectivity index (χ2n) is 6.28. The van der Waals surface area contributed by atoms with E-state index < -0.39 is 0 Å². The second kappa shape index (κ2) is 6.53. The van der Waals surface area contributed by atoms with E-state index in [-0.39, 0.29) is 0 Å². The molecule has 4 rings (SSSR count). The molecule has 0 unspecified atom stereocenters. The maximum absolute atomic E-state index is 6.22. The number of imidazole rings is 1. The van der Waals surface area contributed by atoms with Gasteiger partial charge in [0.15, 0.2) is 11.5 Å². The number of aryl methyl sites for hydroxylation is 2. The Morgan fingerprint density at radius 3 is 2.27 bits per heavy atom. The SMILES string of the molecule is COc1cc2c(cc1OC)-c1c(-c3cc(Cl)cc(Cl)c3)nc(C)n1CC2. The molecule has 2 aromatic carbocycles. The third-order valence-corrected chi connectivity index (χ3v) is 5.20. The highest BCUT2D eigenvalue weighted by atomic mass is 35.5. The van der Waals surface area contributed by atoms with Gasteiger partial charge >= 0.3 is 0 Å². The molecule has 0 saturated carbocycles. The lowest BCUT2D eigenvalue weighted by atomic mass is 9.94. The minimum atomic E-state index is 0.593. The summed E-state index contributed by atoms with van der Waals surface area (Å²) >= 11 is 12.4. The van der Waals surface area contributed by atoms with Gasteiger partial charge in [0.25, 0.3) is 0 Å². The number of benzene rings is 2. The van der Waals surface area contributed by atoms with Crippen molar-refractivity contribution in [2.45, 2.75) is 19.9 Å². The summed E-state index contributed by atoms with van der Waals surface area (Å²) in [6.45, 7) is 2.88. The zero-order valence-corrected chi connectivity index (χ0v) is 16.3. The van der Waals surface area contributed by atoms with E-state index in [1.807, 2.05) is 25.1 Å². The Morgan fingerprint density at radius 1 is 0.962 bits per heavy atom. The molecule has 134 valence electrons. The molecule has 0 atom stereocenters. The number of aromatic nitrogens is 2. The van der Waals surface area contributed by atoms with Crippen molar-refractivity contribution in [3.63, 3.8) is 0 Å². The van der Waals surface area contributed by atoms with Crippen LogP contribution < -0.4 is 9.47 Å². The van der Waals surface area contributed by atoms with Crippen LogP contribution in [0.15, 0.2) is 30.3 Å². The standard InChI is InChI=1S/C20H18Cl2N2O2/c1-11-23-19(13-6-14(21)9-15(22)7-13)20-16-10-18(26-3)17(25-2)8-12(16)4-5-24(11)20/h6-10H,4-5H2,1-3H3. The van der Waals surface area contributed by atoms with E-state index in [0.29, 0.717) is 15.8 Å². The fourth-order valence-corrected chi connectivity index (χ4v) is 4.11. The van der Waals surface area contributed by atoms with E-state index >= 15 is 0 Å². The number of hydrogen-bond acceptors (Lipinski definition) is 3. The smallest absolute Gasteiger partial charge is 0.161 e. The molecule has 0 saturated heterocycles. The first-order valence-electron chi connectivity index (χ1n) is 8.30. The minimum Gasteiger partial charge on any atom is -0.493 e. The second-order valence-corrected chi connectivity index (χ2v) is 7.15. The van der Waals surface area contributed by atoms with Crippen LogP contribution in [0.3, 0.4) is 0 Å². The van der Waals surface area contributed by atoms with Gasteiger partial charge in [-0.3, -0.25) is 0 Å². The number of ether oxygens (including phenoxy) is 2. The van der Waals surface area contributed by atoms with Crippen molar-refractivity contribution in [2.24, 2.45) is 0 Å². The highest BCUT2D eigenvalue weighted by molar-refractivity contribution is 6.35. The van der Waals surface area contributed by atoms with E-state index in [2.05, 4.69) is 10.6 Å². The van der Waals surface area contributed by atoms with Crippen molar-refractivity contribution in [3.8, 4) is 34.0 Å². The number of methoxy groups -OCH3 is 2. The minimum absolute atomic E-state index is 0.593. The lowest BCUT2D eigenvalue weighted by molar-refractivity contribution is 0.354. The molecule has 1 aliphatic rings. The Bertz CT molecular complexity index is 991. The van der Waals surface area contributed by atoms with Gasteiger partial charge in [0, 0.05) is 27.7 Å². The van der Waals surface area contributed by atoms with Crippen LogP contribution >= 0.6 is 23.2 Å². The molecule has 2 heterocycles. The van der Waals surface area contributed by atoms with E-state index in [4.69, 9.17) is 37.7 Å². The summed E-state index contributed by atoms with van der Waals surface area (Å²) in [6, 6.07) is 9.59. The van der Waals surface area contributed by atoms with E-state index in [0.717, 1.165) is 47.1 Å². The molecule has 3 aromatic rings. The normalized spacial score (nSPS) is 12.5. The van der Waals surface area contributed by atoms with Crippen LogP contribution in [0.25, 0.3) is 22.5 Å². The molecule has 0 N–H and O–H groups in total. The molecule has 1 aliphatic heterocycles. The van der Waals surface area contributed by atoms with Gasteiger partial charge in [-0.1, -0.05) is 23.2 Å². The summed E-state index contributed by atoms with van der Waals surface area (Å²) in [5, 5.41) is 1.19. The zero-order valence-electron chi connectivity index (χ0n) is 14.8. The number of hydrogen-bond donors (Lipinski definition) is 0. The monoisotopic (exact) mass is 388 g/mol. The third kappa shape index (κ3) is 2.74. The number of halogens is 2. The first-order valence-corrected chi connectivity index (χ1v) is 9.06. The van der Waals surface area contributed by atoms with Crippen molar-refractivity contribution in [1.29, 1.82) is 0 Å². The Balaban J connectivity index is 1.98. The maximum atomic E-state index is 6.22. The molecule has 0 fully saturated rings. The van der Waals surface area contributed by atoms with Gasteiger partial charge in [0.2, 0.25) is 0 Å². The first-order chi connectivity index (χ1) is 12.5. The average Bonchev–Trinajstić information content (AvgIpc) is 2.97. The van der Waals surface area contributed by atoms with Crippen LogP contribution in [0.4, 0.5) is 0 Å². The number of rotatable bonds is 3. The molecule has 0 radical (unpaired) electrons. The van der Waals surface area contributed by atoms with Crippen LogP contribution in [0.5, 0.6) is 11.5 Å². The molecule has 0 amide bonds. The van der Waals surface area contributed by atoms with Gasteiger partial charge in [-0.15, -0.1) is 0 Å². The summed E-state index contributed by atoms with van der Waals surface area (Å²) in [5.41, 5.74) is 5.15. The summed E-state index contributed by atoms with van der Waals surface area (Å²) in [5.74, 6) is 2.41. The molecular weight excluding hydrogens is 371 g/mol. The number of nitrogens with zero attached hydrogens (tertiary/aromatic N) is 2. The molecule has 26 heavy (non-hydrogen) atoms. The summed E-state index contributed by atoms with van der Waals surface area (Å²) < 4.78 is 13.2. The zero-order chi connectivity index (χ0) is 18.4. The quantitative estimate of drug-likeness (QED) is 0.601. The predicted octanol–water partition coefficient (Wildman–Crippen LogP) is 5.41. The Labute approximate surface area is 162 Å². The fraction of sp³-hybridized carbons (Fsp3) is 0.250. The van der Waals surface area contributed by atoms with Gasteiger partial charge in [-0.25, -0.2) is 4.98 Å². The van der Waals surface area contributed by atoms with Crippen molar-refractivity contribution in [2.75, 3.05) is 14.2 Å². The van der Waals surface area contributed by atoms with E-state index in [1.165, 1.54) is 5.56 Å². The molecule has 0 spiro atoms. The van der Waals surface area contributed by atoms with Crippen molar-refractivity contribution in [1.82, 2.24) is 9.55 Å². The molecule has 0 bridgehead atoms.